The van der Waals surface area contributed by atoms with Crippen molar-refractivity contribution in [1.29, 1.82) is 0 Å². The van der Waals surface area contributed by atoms with Crippen molar-refractivity contribution in [2.24, 2.45) is 7.05 Å². The normalized spacial score (nSPS) is 12.7. The summed E-state index contributed by atoms with van der Waals surface area (Å²) in [6.45, 7) is 2.67. The summed E-state index contributed by atoms with van der Waals surface area (Å²) in [6, 6.07) is 6.12. The van der Waals surface area contributed by atoms with E-state index >= 15 is 0 Å². The van der Waals surface area contributed by atoms with E-state index in [4.69, 9.17) is 0 Å². The quantitative estimate of drug-likeness (QED) is 0.774. The standard InChI is InChI=1S/C16H21N7/c1-11-14-15(19-10-20-16(14)23(4)21-11)18-9-13(22(2)3)12-7-5-6-8-17-12/h5-8,10,13H,9H2,1-4H3,(H,18,19,20). The van der Waals surface area contributed by atoms with Gasteiger partial charge in [0, 0.05) is 19.8 Å². The molecule has 0 aliphatic heterocycles. The molecule has 0 amide bonds. The van der Waals surface area contributed by atoms with Crippen molar-refractivity contribution in [2.45, 2.75) is 13.0 Å². The van der Waals surface area contributed by atoms with Crippen LogP contribution in [0.3, 0.4) is 0 Å². The molecule has 1 atom stereocenters. The maximum absolute atomic E-state index is 4.47. The van der Waals surface area contributed by atoms with Crippen LogP contribution in [0.5, 0.6) is 0 Å². The Morgan fingerprint density at radius 3 is 2.74 bits per heavy atom. The number of likely N-dealkylation sites (N-methyl/N-ethyl adjacent to an activating group) is 1. The Morgan fingerprint density at radius 1 is 1.22 bits per heavy atom. The minimum absolute atomic E-state index is 0.151. The van der Waals surface area contributed by atoms with Crippen molar-refractivity contribution in [2.75, 3.05) is 26.0 Å². The van der Waals surface area contributed by atoms with Crippen molar-refractivity contribution in [1.82, 2.24) is 29.6 Å². The summed E-state index contributed by atoms with van der Waals surface area (Å²) >= 11 is 0. The van der Waals surface area contributed by atoms with Crippen molar-refractivity contribution >= 4 is 16.9 Å². The van der Waals surface area contributed by atoms with Gasteiger partial charge < -0.3 is 5.32 Å². The maximum atomic E-state index is 4.47. The maximum Gasteiger partial charge on any atom is 0.163 e. The predicted molar refractivity (Wildman–Crippen MR) is 90.2 cm³/mol. The van der Waals surface area contributed by atoms with E-state index in [1.165, 1.54) is 0 Å². The number of nitrogens with zero attached hydrogens (tertiary/aromatic N) is 6. The van der Waals surface area contributed by atoms with Crippen LogP contribution in [-0.2, 0) is 7.05 Å². The molecule has 0 aliphatic carbocycles. The number of aryl methyl sites for hydroxylation is 2. The highest BCUT2D eigenvalue weighted by atomic mass is 15.3. The summed E-state index contributed by atoms with van der Waals surface area (Å²) in [6.07, 6.45) is 3.39. The number of pyridine rings is 1. The molecule has 3 aromatic heterocycles. The number of nitrogens with one attached hydrogen (secondary N) is 1. The van der Waals surface area contributed by atoms with E-state index in [0.717, 1.165) is 28.2 Å². The van der Waals surface area contributed by atoms with E-state index in [-0.39, 0.29) is 6.04 Å². The van der Waals surface area contributed by atoms with E-state index < -0.39 is 0 Å². The zero-order chi connectivity index (χ0) is 16.4. The minimum Gasteiger partial charge on any atom is -0.367 e. The van der Waals surface area contributed by atoms with Gasteiger partial charge in [-0.25, -0.2) is 9.97 Å². The van der Waals surface area contributed by atoms with Crippen LogP contribution >= 0.6 is 0 Å². The van der Waals surface area contributed by atoms with Crippen molar-refractivity contribution in [3.05, 3.63) is 42.1 Å². The molecule has 0 radical (unpaired) electrons. The van der Waals surface area contributed by atoms with Crippen molar-refractivity contribution < 1.29 is 0 Å². The second-order valence-electron chi connectivity index (χ2n) is 5.74. The van der Waals surface area contributed by atoms with Gasteiger partial charge >= 0.3 is 0 Å². The van der Waals surface area contributed by atoms with Crippen LogP contribution in [0.2, 0.25) is 0 Å². The van der Waals surface area contributed by atoms with E-state index in [1.807, 2.05) is 52.5 Å². The number of hydrogen-bond acceptors (Lipinski definition) is 6. The number of fused-ring (bicyclic) bond motifs is 1. The first-order valence-corrected chi connectivity index (χ1v) is 7.53. The van der Waals surface area contributed by atoms with Gasteiger partial charge in [0.05, 0.1) is 22.8 Å². The van der Waals surface area contributed by atoms with Gasteiger partial charge in [0.1, 0.15) is 12.1 Å². The van der Waals surface area contributed by atoms with Crippen LogP contribution < -0.4 is 5.32 Å². The summed E-state index contributed by atoms with van der Waals surface area (Å²) < 4.78 is 1.78. The molecule has 3 heterocycles. The van der Waals surface area contributed by atoms with Crippen molar-refractivity contribution in [3.63, 3.8) is 0 Å². The largest absolute Gasteiger partial charge is 0.367 e. The SMILES string of the molecule is Cc1nn(C)c2ncnc(NCC(c3ccccn3)N(C)C)c12. The molecule has 7 nitrogen and oxygen atoms in total. The molecular formula is C16H21N7. The second-order valence-corrected chi connectivity index (χ2v) is 5.74. The highest BCUT2D eigenvalue weighted by Crippen LogP contribution is 2.23. The first-order valence-electron chi connectivity index (χ1n) is 7.53. The average molecular weight is 311 g/mol. The predicted octanol–water partition coefficient (Wildman–Crippen LogP) is 1.78. The molecule has 3 rings (SSSR count). The zero-order valence-electron chi connectivity index (χ0n) is 13.9. The van der Waals surface area contributed by atoms with Gasteiger partial charge in [0.25, 0.3) is 0 Å². The third kappa shape index (κ3) is 3.00. The highest BCUT2D eigenvalue weighted by Gasteiger charge is 2.17. The lowest BCUT2D eigenvalue weighted by atomic mass is 10.1. The fraction of sp³-hybridized carbons (Fsp3) is 0.375. The van der Waals surface area contributed by atoms with E-state index in [0.29, 0.717) is 6.54 Å². The lowest BCUT2D eigenvalue weighted by Crippen LogP contribution is -2.27. The zero-order valence-corrected chi connectivity index (χ0v) is 13.9. The summed E-state index contributed by atoms with van der Waals surface area (Å²) in [5.41, 5.74) is 2.78. The molecule has 120 valence electrons. The molecule has 1 unspecified atom stereocenters. The van der Waals surface area contributed by atoms with Gasteiger partial charge in [-0.3, -0.25) is 14.6 Å². The third-order valence-corrected chi connectivity index (χ3v) is 3.91. The van der Waals surface area contributed by atoms with E-state index in [9.17, 15) is 0 Å². The molecule has 7 heteroatoms. The van der Waals surface area contributed by atoms with Gasteiger partial charge in [-0.1, -0.05) is 6.07 Å². The Balaban J connectivity index is 1.87. The summed E-state index contributed by atoms with van der Waals surface area (Å²) in [7, 11) is 5.99. The molecule has 0 fully saturated rings. The second kappa shape index (κ2) is 6.29. The molecule has 0 saturated heterocycles. The molecule has 1 N–H and O–H groups in total. The van der Waals surface area contributed by atoms with E-state index in [1.54, 1.807) is 11.0 Å². The number of rotatable bonds is 5. The Morgan fingerprint density at radius 2 is 2.04 bits per heavy atom. The van der Waals surface area contributed by atoms with Crippen LogP contribution in [0.1, 0.15) is 17.4 Å². The first-order chi connectivity index (χ1) is 11.1. The Kier molecular flexibility index (Phi) is 4.20. The highest BCUT2D eigenvalue weighted by molar-refractivity contribution is 5.89. The number of anilines is 1. The van der Waals surface area contributed by atoms with Gasteiger partial charge in [-0.2, -0.15) is 5.10 Å². The number of aromatic nitrogens is 5. The van der Waals surface area contributed by atoms with Gasteiger partial charge in [-0.05, 0) is 33.2 Å². The third-order valence-electron chi connectivity index (χ3n) is 3.91. The van der Waals surface area contributed by atoms with Gasteiger partial charge in [-0.15, -0.1) is 0 Å². The number of hydrogen-bond donors (Lipinski definition) is 1. The molecule has 0 bridgehead atoms. The van der Waals surface area contributed by atoms with Crippen LogP contribution in [-0.4, -0.2) is 50.3 Å². The Bertz CT molecular complexity index is 795. The molecule has 0 saturated carbocycles. The fourth-order valence-corrected chi connectivity index (χ4v) is 2.73. The molecule has 23 heavy (non-hydrogen) atoms. The lowest BCUT2D eigenvalue weighted by Gasteiger charge is -2.24. The average Bonchev–Trinajstić information content (AvgIpc) is 2.84. The van der Waals surface area contributed by atoms with Crippen LogP contribution in [0.25, 0.3) is 11.0 Å². The summed E-state index contributed by atoms with van der Waals surface area (Å²) in [4.78, 5) is 15.3. The smallest absolute Gasteiger partial charge is 0.163 e. The van der Waals surface area contributed by atoms with E-state index in [2.05, 4.69) is 30.3 Å². The molecule has 0 aromatic carbocycles. The first kappa shape index (κ1) is 15.4. The van der Waals surface area contributed by atoms with Crippen LogP contribution in [0, 0.1) is 6.92 Å². The monoisotopic (exact) mass is 311 g/mol. The fourth-order valence-electron chi connectivity index (χ4n) is 2.73. The van der Waals surface area contributed by atoms with Crippen LogP contribution in [0.4, 0.5) is 5.82 Å². The molecular weight excluding hydrogens is 290 g/mol. The minimum atomic E-state index is 0.151. The summed E-state index contributed by atoms with van der Waals surface area (Å²) in [5, 5.41) is 8.82. The Labute approximate surface area is 135 Å². The topological polar surface area (TPSA) is 71.8 Å². The van der Waals surface area contributed by atoms with Crippen LogP contribution in [0.15, 0.2) is 30.7 Å². The Hall–Kier alpha value is -2.54. The van der Waals surface area contributed by atoms with Gasteiger partial charge in [0.2, 0.25) is 0 Å². The van der Waals surface area contributed by atoms with Crippen molar-refractivity contribution in [3.8, 4) is 0 Å². The summed E-state index contributed by atoms with van der Waals surface area (Å²) in [5.74, 6) is 0.809. The van der Waals surface area contributed by atoms with Gasteiger partial charge in [0.15, 0.2) is 5.65 Å². The molecule has 0 spiro atoms. The lowest BCUT2D eigenvalue weighted by molar-refractivity contribution is 0.306. The molecule has 3 aromatic rings. The molecule has 0 aliphatic rings.